The van der Waals surface area contributed by atoms with E-state index in [2.05, 4.69) is 15.3 Å². The smallest absolute Gasteiger partial charge is 0.427 e. The number of carbonyl (C=O) groups excluding carboxylic acids is 1. The molecule has 0 fully saturated rings. The van der Waals surface area contributed by atoms with Crippen LogP contribution in [0.3, 0.4) is 0 Å². The van der Waals surface area contributed by atoms with E-state index in [1.54, 1.807) is 0 Å². The molecule has 1 amide bonds. The van der Waals surface area contributed by atoms with Crippen molar-refractivity contribution in [3.05, 3.63) is 27.7 Å². The summed E-state index contributed by atoms with van der Waals surface area (Å²) in [6.07, 6.45) is 0.480. The van der Waals surface area contributed by atoms with E-state index in [-0.39, 0.29) is 16.3 Å². The van der Waals surface area contributed by atoms with Crippen molar-refractivity contribution in [2.24, 2.45) is 5.10 Å². The summed E-state index contributed by atoms with van der Waals surface area (Å²) in [6.45, 7) is 0. The van der Waals surface area contributed by atoms with Crippen molar-refractivity contribution >= 4 is 35.5 Å². The fourth-order valence-electron chi connectivity index (χ4n) is 0.884. The number of phenols is 1. The van der Waals surface area contributed by atoms with Gasteiger partial charge >= 0.3 is 6.09 Å². The standard InChI is InChI=1S/C9H8Cl2N2O3/c1-16-9(15)13-12-4-5-2-6(10)3-7(11)8(5)14/h2-4,14H,1H3,(H,13,15). The molecule has 5 nitrogen and oxygen atoms in total. The third kappa shape index (κ3) is 3.29. The van der Waals surface area contributed by atoms with Gasteiger partial charge in [-0.05, 0) is 12.1 Å². The Hall–Kier alpha value is -1.46. The summed E-state index contributed by atoms with van der Waals surface area (Å²) in [5.41, 5.74) is 2.34. The lowest BCUT2D eigenvalue weighted by Crippen LogP contribution is -2.16. The maximum atomic E-state index is 10.7. The van der Waals surface area contributed by atoms with Crippen LogP contribution in [0.1, 0.15) is 5.56 Å². The van der Waals surface area contributed by atoms with Crippen LogP contribution in [0.4, 0.5) is 4.79 Å². The monoisotopic (exact) mass is 262 g/mol. The molecule has 0 atom stereocenters. The second-order valence-electron chi connectivity index (χ2n) is 2.69. The van der Waals surface area contributed by atoms with Crippen molar-refractivity contribution in [1.29, 1.82) is 0 Å². The van der Waals surface area contributed by atoms with Gasteiger partial charge in [0.05, 0.1) is 18.3 Å². The quantitative estimate of drug-likeness (QED) is 0.635. The predicted molar refractivity (Wildman–Crippen MR) is 61.3 cm³/mol. The van der Waals surface area contributed by atoms with Gasteiger partial charge in [-0.25, -0.2) is 10.2 Å². The van der Waals surface area contributed by atoms with Crippen LogP contribution in [0.2, 0.25) is 10.0 Å². The lowest BCUT2D eigenvalue weighted by molar-refractivity contribution is 0.171. The third-order valence-electron chi connectivity index (χ3n) is 1.60. The molecule has 0 aliphatic rings. The van der Waals surface area contributed by atoms with E-state index in [4.69, 9.17) is 23.2 Å². The molecular formula is C9H8Cl2N2O3. The van der Waals surface area contributed by atoms with Crippen molar-refractivity contribution in [2.75, 3.05) is 7.11 Å². The Morgan fingerprint density at radius 1 is 1.56 bits per heavy atom. The molecule has 0 saturated heterocycles. The average molecular weight is 263 g/mol. The molecule has 7 heteroatoms. The molecule has 0 aromatic heterocycles. The minimum atomic E-state index is -0.719. The molecule has 0 aliphatic heterocycles. The fraction of sp³-hybridized carbons (Fsp3) is 0.111. The summed E-state index contributed by atoms with van der Waals surface area (Å²) >= 11 is 11.4. The van der Waals surface area contributed by atoms with Gasteiger partial charge in [0.25, 0.3) is 0 Å². The summed E-state index contributed by atoms with van der Waals surface area (Å²) in [5, 5.41) is 13.5. The first kappa shape index (κ1) is 12.6. The number of amides is 1. The van der Waals surface area contributed by atoms with Crippen LogP contribution in [-0.2, 0) is 4.74 Å². The zero-order valence-electron chi connectivity index (χ0n) is 8.20. The number of nitrogens with one attached hydrogen (secondary N) is 1. The Kier molecular flexibility index (Phi) is 4.39. The van der Waals surface area contributed by atoms with Gasteiger partial charge < -0.3 is 9.84 Å². The molecule has 1 aromatic carbocycles. The summed E-state index contributed by atoms with van der Waals surface area (Å²) in [6, 6.07) is 2.84. The largest absolute Gasteiger partial charge is 0.506 e. The highest BCUT2D eigenvalue weighted by Gasteiger charge is 2.05. The number of hydrogen-bond donors (Lipinski definition) is 2. The second kappa shape index (κ2) is 5.58. The van der Waals surface area contributed by atoms with E-state index in [0.29, 0.717) is 5.02 Å². The Balaban J connectivity index is 2.85. The van der Waals surface area contributed by atoms with E-state index < -0.39 is 6.09 Å². The van der Waals surface area contributed by atoms with Crippen molar-refractivity contribution in [3.8, 4) is 5.75 Å². The molecular weight excluding hydrogens is 255 g/mol. The predicted octanol–water partition coefficient (Wildman–Crippen LogP) is 2.39. The number of carbonyl (C=O) groups is 1. The number of aromatic hydroxyl groups is 1. The van der Waals surface area contributed by atoms with E-state index >= 15 is 0 Å². The van der Waals surface area contributed by atoms with E-state index in [0.717, 1.165) is 0 Å². The molecule has 0 spiro atoms. The molecule has 86 valence electrons. The summed E-state index contributed by atoms with van der Waals surface area (Å²) < 4.78 is 4.29. The number of benzene rings is 1. The number of halogens is 2. The third-order valence-corrected chi connectivity index (χ3v) is 2.11. The van der Waals surface area contributed by atoms with Crippen LogP contribution < -0.4 is 5.43 Å². The van der Waals surface area contributed by atoms with Gasteiger partial charge in [-0.15, -0.1) is 0 Å². The highest BCUT2D eigenvalue weighted by atomic mass is 35.5. The minimum absolute atomic E-state index is 0.104. The molecule has 0 aliphatic carbocycles. The highest BCUT2D eigenvalue weighted by molar-refractivity contribution is 6.36. The summed E-state index contributed by atoms with van der Waals surface area (Å²) in [4.78, 5) is 10.7. The molecule has 1 aromatic rings. The number of hydrazone groups is 1. The van der Waals surface area contributed by atoms with Crippen LogP contribution in [0.15, 0.2) is 17.2 Å². The number of phenolic OH excluding ortho intramolecular Hbond substituents is 1. The number of rotatable bonds is 2. The van der Waals surface area contributed by atoms with Crippen LogP contribution in [0.5, 0.6) is 5.75 Å². The summed E-state index contributed by atoms with van der Waals surface area (Å²) in [5.74, 6) is -0.165. The zero-order valence-corrected chi connectivity index (χ0v) is 9.71. The number of nitrogens with zero attached hydrogens (tertiary/aromatic N) is 1. The summed E-state index contributed by atoms with van der Waals surface area (Å²) in [7, 11) is 1.21. The number of methoxy groups -OCH3 is 1. The van der Waals surface area contributed by atoms with E-state index in [1.807, 2.05) is 0 Å². The Morgan fingerprint density at radius 3 is 2.88 bits per heavy atom. The van der Waals surface area contributed by atoms with Gasteiger partial charge in [0.1, 0.15) is 5.75 Å². The maximum absolute atomic E-state index is 10.7. The molecule has 0 heterocycles. The first-order valence-electron chi connectivity index (χ1n) is 4.09. The van der Waals surface area contributed by atoms with Crippen molar-refractivity contribution < 1.29 is 14.6 Å². The molecule has 0 radical (unpaired) electrons. The normalized spacial score (nSPS) is 10.4. The van der Waals surface area contributed by atoms with E-state index in [1.165, 1.54) is 25.5 Å². The van der Waals surface area contributed by atoms with Gasteiger partial charge in [-0.2, -0.15) is 5.10 Å². The van der Waals surface area contributed by atoms with Crippen LogP contribution in [-0.4, -0.2) is 24.5 Å². The topological polar surface area (TPSA) is 70.9 Å². The van der Waals surface area contributed by atoms with Crippen molar-refractivity contribution in [3.63, 3.8) is 0 Å². The highest BCUT2D eigenvalue weighted by Crippen LogP contribution is 2.29. The Bertz CT molecular complexity index is 435. The lowest BCUT2D eigenvalue weighted by atomic mass is 10.2. The second-order valence-corrected chi connectivity index (χ2v) is 3.53. The molecule has 0 bridgehead atoms. The number of ether oxygens (including phenoxy) is 1. The van der Waals surface area contributed by atoms with E-state index in [9.17, 15) is 9.90 Å². The average Bonchev–Trinajstić information content (AvgIpc) is 2.24. The fourth-order valence-corrected chi connectivity index (χ4v) is 1.39. The van der Waals surface area contributed by atoms with Gasteiger partial charge in [0.15, 0.2) is 0 Å². The lowest BCUT2D eigenvalue weighted by Gasteiger charge is -2.02. The zero-order chi connectivity index (χ0) is 12.1. The van der Waals surface area contributed by atoms with Crippen LogP contribution in [0.25, 0.3) is 0 Å². The molecule has 16 heavy (non-hydrogen) atoms. The Labute approximate surface area is 102 Å². The molecule has 1 rings (SSSR count). The number of hydrogen-bond acceptors (Lipinski definition) is 4. The first-order chi connectivity index (χ1) is 7.54. The van der Waals surface area contributed by atoms with Gasteiger partial charge in [0, 0.05) is 10.6 Å². The van der Waals surface area contributed by atoms with Crippen molar-refractivity contribution in [2.45, 2.75) is 0 Å². The molecule has 2 N–H and O–H groups in total. The van der Waals surface area contributed by atoms with Gasteiger partial charge in [0.2, 0.25) is 0 Å². The molecule has 0 unspecified atom stereocenters. The van der Waals surface area contributed by atoms with Crippen molar-refractivity contribution in [1.82, 2.24) is 5.43 Å². The van der Waals surface area contributed by atoms with Crippen LogP contribution >= 0.6 is 23.2 Å². The SMILES string of the molecule is COC(=O)NN=Cc1cc(Cl)cc(Cl)c1O. The van der Waals surface area contributed by atoms with Crippen LogP contribution in [0, 0.1) is 0 Å². The first-order valence-corrected chi connectivity index (χ1v) is 4.85. The Morgan fingerprint density at radius 2 is 2.25 bits per heavy atom. The maximum Gasteiger partial charge on any atom is 0.427 e. The minimum Gasteiger partial charge on any atom is -0.506 e. The van der Waals surface area contributed by atoms with Gasteiger partial charge in [-0.1, -0.05) is 23.2 Å². The van der Waals surface area contributed by atoms with Gasteiger partial charge in [-0.3, -0.25) is 0 Å². The molecule has 0 saturated carbocycles.